The molecule has 180 valence electrons. The number of allylic oxidation sites excluding steroid dienone is 1. The number of guanidine groups is 1. The smallest absolute Gasteiger partial charge is 0.251 e. The van der Waals surface area contributed by atoms with Crippen LogP contribution in [-0.2, 0) is 4.79 Å². The molecule has 0 saturated heterocycles. The highest BCUT2D eigenvalue weighted by Gasteiger charge is 2.37. The van der Waals surface area contributed by atoms with Crippen LogP contribution in [0.2, 0.25) is 0 Å². The third-order valence-corrected chi connectivity index (χ3v) is 7.19. The van der Waals surface area contributed by atoms with Gasteiger partial charge in [-0.25, -0.2) is 4.99 Å². The monoisotopic (exact) mass is 472 g/mol. The summed E-state index contributed by atoms with van der Waals surface area (Å²) >= 11 is 0. The van der Waals surface area contributed by atoms with Crippen LogP contribution in [0.25, 0.3) is 6.08 Å². The van der Waals surface area contributed by atoms with E-state index in [-0.39, 0.29) is 35.9 Å². The lowest BCUT2D eigenvalue weighted by atomic mass is 9.94. The SMILES string of the molecule is NC1=NC2CC/C=C\c3ccc4c(c3)C(CCO4)NC(=O)c3ccc4c(c3)[C@@H](CCO4)N1C(=O)C2. The van der Waals surface area contributed by atoms with Gasteiger partial charge in [-0.05, 0) is 48.7 Å². The van der Waals surface area contributed by atoms with Crippen molar-refractivity contribution in [2.75, 3.05) is 13.2 Å². The Hall–Kier alpha value is -3.81. The lowest BCUT2D eigenvalue weighted by molar-refractivity contribution is -0.130. The molecule has 0 aliphatic carbocycles. The van der Waals surface area contributed by atoms with Crippen molar-refractivity contribution >= 4 is 23.8 Å². The van der Waals surface area contributed by atoms with Gasteiger partial charge >= 0.3 is 0 Å². The number of nitrogens with zero attached hydrogens (tertiary/aromatic N) is 2. The van der Waals surface area contributed by atoms with Crippen LogP contribution in [0, 0.1) is 0 Å². The maximum Gasteiger partial charge on any atom is 0.251 e. The standard InChI is InChI=1S/C27H28N4O4/c28-27-29-18-4-2-1-3-16-5-7-23-19(13-16)21(9-11-34-23)30-26(33)17-6-8-24-20(14-17)22(10-12-35-24)31(27)25(32)15-18/h1,3,5-8,13-14,18,21-22H,2,4,9-12,15H2,(H2,28,29)(H,30,33)/b3-1-/t18?,21?,22-/m1/s1. The van der Waals surface area contributed by atoms with Crippen molar-refractivity contribution < 1.29 is 19.1 Å². The van der Waals surface area contributed by atoms with Crippen LogP contribution in [0.1, 0.15) is 71.2 Å². The Bertz CT molecular complexity index is 1250. The molecular weight excluding hydrogens is 444 g/mol. The Kier molecular flexibility index (Phi) is 5.43. The number of fused-ring (bicyclic) bond motifs is 4. The molecule has 5 aliphatic heterocycles. The number of nitrogens with one attached hydrogen (secondary N) is 1. The van der Waals surface area contributed by atoms with E-state index in [1.165, 1.54) is 0 Å². The lowest BCUT2D eigenvalue weighted by Gasteiger charge is -2.38. The Balaban J connectivity index is 1.43. The molecule has 6 bridgehead atoms. The van der Waals surface area contributed by atoms with Crippen LogP contribution in [0.3, 0.4) is 0 Å². The lowest BCUT2D eigenvalue weighted by Crippen LogP contribution is -2.50. The fraction of sp³-hybridized carbons (Fsp3) is 0.370. The fourth-order valence-electron chi connectivity index (χ4n) is 5.42. The molecule has 3 atom stereocenters. The number of aliphatic imine (C=N–C) groups is 1. The maximum absolute atomic E-state index is 13.3. The molecule has 5 heterocycles. The third kappa shape index (κ3) is 4.03. The van der Waals surface area contributed by atoms with Crippen LogP contribution in [-0.4, -0.2) is 41.9 Å². The first-order valence-electron chi connectivity index (χ1n) is 12.2. The highest BCUT2D eigenvalue weighted by atomic mass is 16.5. The molecule has 8 nitrogen and oxygen atoms in total. The van der Waals surface area contributed by atoms with Crippen LogP contribution < -0.4 is 20.5 Å². The molecular formula is C27H28N4O4. The van der Waals surface area contributed by atoms with Gasteiger partial charge in [0.1, 0.15) is 11.5 Å². The second-order valence-corrected chi connectivity index (χ2v) is 9.45. The molecule has 7 rings (SSSR count). The second-order valence-electron chi connectivity index (χ2n) is 9.45. The van der Waals surface area contributed by atoms with Crippen LogP contribution in [0.5, 0.6) is 11.5 Å². The van der Waals surface area contributed by atoms with Crippen molar-refractivity contribution in [1.29, 1.82) is 0 Å². The van der Waals surface area contributed by atoms with E-state index >= 15 is 0 Å². The van der Waals surface area contributed by atoms with E-state index in [4.69, 9.17) is 15.2 Å². The summed E-state index contributed by atoms with van der Waals surface area (Å²) in [6.07, 6.45) is 7.29. The van der Waals surface area contributed by atoms with E-state index in [0.717, 1.165) is 35.3 Å². The van der Waals surface area contributed by atoms with Crippen LogP contribution in [0.15, 0.2) is 47.5 Å². The molecule has 2 unspecified atom stereocenters. The molecule has 3 N–H and O–H groups in total. The van der Waals surface area contributed by atoms with Gasteiger partial charge < -0.3 is 20.5 Å². The molecule has 2 aromatic rings. The van der Waals surface area contributed by atoms with Crippen LogP contribution in [0.4, 0.5) is 0 Å². The fourth-order valence-corrected chi connectivity index (χ4v) is 5.42. The summed E-state index contributed by atoms with van der Waals surface area (Å²) in [6, 6.07) is 10.8. The van der Waals surface area contributed by atoms with Gasteiger partial charge in [-0.3, -0.25) is 14.5 Å². The predicted octanol–water partition coefficient (Wildman–Crippen LogP) is 3.49. The van der Waals surface area contributed by atoms with Gasteiger partial charge in [0.15, 0.2) is 5.96 Å². The molecule has 2 aromatic carbocycles. The summed E-state index contributed by atoms with van der Waals surface area (Å²) in [5.74, 6) is 1.50. The summed E-state index contributed by atoms with van der Waals surface area (Å²) in [5, 5.41) is 3.19. The number of hydrogen-bond donors (Lipinski definition) is 2. The van der Waals surface area contributed by atoms with Gasteiger partial charge in [0.2, 0.25) is 5.91 Å². The Morgan fingerprint density at radius 3 is 2.63 bits per heavy atom. The van der Waals surface area contributed by atoms with Crippen molar-refractivity contribution in [1.82, 2.24) is 10.2 Å². The number of rotatable bonds is 0. The maximum atomic E-state index is 13.3. The van der Waals surface area contributed by atoms with Gasteiger partial charge in [0, 0.05) is 36.0 Å². The number of ether oxygens (including phenoxy) is 2. The van der Waals surface area contributed by atoms with Gasteiger partial charge in [0.05, 0.1) is 31.3 Å². The second kappa shape index (κ2) is 8.76. The first kappa shape index (κ1) is 21.7. The zero-order chi connectivity index (χ0) is 23.9. The predicted molar refractivity (Wildman–Crippen MR) is 131 cm³/mol. The Morgan fingerprint density at radius 2 is 1.77 bits per heavy atom. The number of carbonyl (C=O) groups excluding carboxylic acids is 2. The minimum Gasteiger partial charge on any atom is -0.493 e. The van der Waals surface area contributed by atoms with Gasteiger partial charge in [-0.2, -0.15) is 0 Å². The number of carbonyl (C=O) groups is 2. The van der Waals surface area contributed by atoms with E-state index in [1.807, 2.05) is 18.2 Å². The zero-order valence-corrected chi connectivity index (χ0v) is 19.4. The minimum absolute atomic E-state index is 0.0391. The van der Waals surface area contributed by atoms with Crippen molar-refractivity contribution in [2.45, 2.75) is 50.2 Å². The summed E-state index contributed by atoms with van der Waals surface area (Å²) in [7, 11) is 0. The van der Waals surface area contributed by atoms with Crippen molar-refractivity contribution in [2.24, 2.45) is 10.7 Å². The summed E-state index contributed by atoms with van der Waals surface area (Å²) < 4.78 is 11.7. The molecule has 0 radical (unpaired) electrons. The number of nitrogens with two attached hydrogens (primary N) is 1. The Morgan fingerprint density at radius 1 is 0.971 bits per heavy atom. The molecule has 0 fully saturated rings. The largest absolute Gasteiger partial charge is 0.493 e. The minimum atomic E-state index is -0.311. The summed E-state index contributed by atoms with van der Waals surface area (Å²) in [4.78, 5) is 32.8. The normalized spacial score (nSPS) is 26.5. The quantitative estimate of drug-likeness (QED) is 0.611. The molecule has 5 aliphatic rings. The Labute approximate surface area is 203 Å². The number of amides is 2. The van der Waals surface area contributed by atoms with Crippen LogP contribution >= 0.6 is 0 Å². The number of benzene rings is 2. The molecule has 35 heavy (non-hydrogen) atoms. The van der Waals surface area contributed by atoms with E-state index < -0.39 is 0 Å². The van der Waals surface area contributed by atoms with E-state index in [0.29, 0.717) is 43.8 Å². The van der Waals surface area contributed by atoms with Gasteiger partial charge in [0.25, 0.3) is 5.91 Å². The topological polar surface area (TPSA) is 106 Å². The average molecular weight is 473 g/mol. The zero-order valence-electron chi connectivity index (χ0n) is 19.4. The highest BCUT2D eigenvalue weighted by Crippen LogP contribution is 2.39. The molecule has 0 aromatic heterocycles. The van der Waals surface area contributed by atoms with E-state index in [1.54, 1.807) is 17.0 Å². The first-order chi connectivity index (χ1) is 17.1. The van der Waals surface area contributed by atoms with E-state index in [9.17, 15) is 9.59 Å². The first-order valence-corrected chi connectivity index (χ1v) is 12.2. The molecule has 2 amide bonds. The van der Waals surface area contributed by atoms with E-state index in [2.05, 4.69) is 28.5 Å². The van der Waals surface area contributed by atoms with Gasteiger partial charge in [-0.15, -0.1) is 0 Å². The number of hydrogen-bond acceptors (Lipinski definition) is 6. The van der Waals surface area contributed by atoms with Crippen molar-refractivity contribution in [3.05, 3.63) is 64.7 Å². The van der Waals surface area contributed by atoms with Crippen molar-refractivity contribution in [3.8, 4) is 11.5 Å². The molecule has 8 heteroatoms. The highest BCUT2D eigenvalue weighted by molar-refractivity contribution is 5.99. The molecule has 0 spiro atoms. The average Bonchev–Trinajstić information content (AvgIpc) is 2.86. The van der Waals surface area contributed by atoms with Gasteiger partial charge in [-0.1, -0.05) is 18.2 Å². The molecule has 0 saturated carbocycles. The summed E-state index contributed by atoms with van der Waals surface area (Å²) in [6.45, 7) is 1.01. The summed E-state index contributed by atoms with van der Waals surface area (Å²) in [5.41, 5.74) is 9.66. The van der Waals surface area contributed by atoms with Crippen molar-refractivity contribution in [3.63, 3.8) is 0 Å². The third-order valence-electron chi connectivity index (χ3n) is 7.19.